The maximum atomic E-state index is 12.2. The Morgan fingerprint density at radius 2 is 2.25 bits per heavy atom. The van der Waals surface area contributed by atoms with Crippen LogP contribution < -0.4 is 5.32 Å². The zero-order valence-electron chi connectivity index (χ0n) is 13.1. The van der Waals surface area contributed by atoms with Crippen molar-refractivity contribution in [3.8, 4) is 17.3 Å². The lowest BCUT2D eigenvalue weighted by Gasteiger charge is -2.15. The van der Waals surface area contributed by atoms with Gasteiger partial charge in [0.25, 0.3) is 0 Å². The summed E-state index contributed by atoms with van der Waals surface area (Å²) in [4.78, 5) is 20.9. The van der Waals surface area contributed by atoms with E-state index in [0.717, 1.165) is 11.3 Å². The van der Waals surface area contributed by atoms with E-state index >= 15 is 0 Å². The number of aliphatic imine (C=N–C) groups is 1. The molecule has 1 aromatic heterocycles. The molecule has 0 amide bonds. The fourth-order valence-electron chi connectivity index (χ4n) is 1.92. The zero-order valence-corrected chi connectivity index (χ0v) is 14.0. The number of nitrogens with zero attached hydrogens (tertiary/aromatic N) is 3. The molecule has 1 heterocycles. The molecule has 0 fully saturated rings. The molecule has 3 N–H and O–H groups in total. The third-order valence-corrected chi connectivity index (χ3v) is 4.40. The number of aromatic amines is 1. The van der Waals surface area contributed by atoms with E-state index in [9.17, 15) is 9.46 Å². The molecule has 126 valence electrons. The van der Waals surface area contributed by atoms with Crippen molar-refractivity contribution in [1.29, 1.82) is 5.26 Å². The third kappa shape index (κ3) is 4.77. The van der Waals surface area contributed by atoms with Crippen LogP contribution in [0.4, 0.5) is 5.69 Å². The van der Waals surface area contributed by atoms with E-state index in [0.29, 0.717) is 5.69 Å². The molecule has 0 aliphatic heterocycles. The molecule has 2 aromatic rings. The van der Waals surface area contributed by atoms with Crippen LogP contribution in [-0.2, 0) is 9.09 Å². The molecular formula is C15H18N5O3P. The highest BCUT2D eigenvalue weighted by atomic mass is 31.2. The minimum Gasteiger partial charge on any atom is -0.345 e. The predicted octanol–water partition coefficient (Wildman–Crippen LogP) is 2.98. The molecule has 1 unspecified atom stereocenters. The van der Waals surface area contributed by atoms with Crippen LogP contribution in [0.5, 0.6) is 0 Å². The van der Waals surface area contributed by atoms with Crippen LogP contribution in [0.2, 0.25) is 0 Å². The van der Waals surface area contributed by atoms with Crippen molar-refractivity contribution in [1.82, 2.24) is 9.97 Å². The number of aromatic nitrogens is 2. The van der Waals surface area contributed by atoms with Crippen LogP contribution in [0.25, 0.3) is 11.3 Å². The Labute approximate surface area is 139 Å². The maximum Gasteiger partial charge on any atom is 0.393 e. The minimum atomic E-state index is -4.06. The smallest absolute Gasteiger partial charge is 0.345 e. The van der Waals surface area contributed by atoms with Gasteiger partial charge < -0.3 is 19.7 Å². The van der Waals surface area contributed by atoms with Gasteiger partial charge in [-0.1, -0.05) is 12.1 Å². The van der Waals surface area contributed by atoms with Crippen molar-refractivity contribution in [2.75, 3.05) is 18.5 Å². The second-order valence-electron chi connectivity index (χ2n) is 4.72. The second kappa shape index (κ2) is 8.41. The fourth-order valence-corrected chi connectivity index (χ4v) is 2.94. The van der Waals surface area contributed by atoms with Gasteiger partial charge in [-0.25, -0.2) is 4.98 Å². The Morgan fingerprint density at radius 3 is 2.83 bits per heavy atom. The van der Waals surface area contributed by atoms with Gasteiger partial charge in [-0.05, 0) is 24.6 Å². The Bertz CT molecular complexity index is 765. The lowest BCUT2D eigenvalue weighted by molar-refractivity contribution is 0.286. The van der Waals surface area contributed by atoms with E-state index < -0.39 is 7.60 Å². The van der Waals surface area contributed by atoms with E-state index in [1.165, 1.54) is 0 Å². The molecule has 0 aliphatic carbocycles. The average molecular weight is 347 g/mol. The van der Waals surface area contributed by atoms with Crippen molar-refractivity contribution in [2.24, 2.45) is 4.99 Å². The lowest BCUT2D eigenvalue weighted by Crippen LogP contribution is -2.15. The number of imidazole rings is 1. The van der Waals surface area contributed by atoms with E-state index in [-0.39, 0.29) is 25.1 Å². The standard InChI is InChI=1S/C15H18N5O3P/c1-2-23-24(21,22)15(18-9-3-8-16)20-13-6-4-12(5-7-13)14-10-17-11-19-14/h4-7,10-11H,2-3,9H2,1H3,(H,17,19)(H,18,20)(H,21,22). The maximum absolute atomic E-state index is 12.2. The molecule has 0 saturated heterocycles. The number of hydrogen-bond donors (Lipinski definition) is 3. The molecule has 9 heteroatoms. The highest BCUT2D eigenvalue weighted by Gasteiger charge is 2.27. The van der Waals surface area contributed by atoms with Crippen LogP contribution in [-0.4, -0.2) is 33.6 Å². The van der Waals surface area contributed by atoms with Gasteiger partial charge in [0.1, 0.15) is 0 Å². The van der Waals surface area contributed by atoms with E-state index in [1.54, 1.807) is 31.6 Å². The quantitative estimate of drug-likeness (QED) is 0.306. The van der Waals surface area contributed by atoms with Crippen molar-refractivity contribution in [3.63, 3.8) is 0 Å². The SMILES string of the molecule is CCOP(=O)(O)C(=NCCC#N)Nc1ccc(-c2cnc[nH]2)cc1. The normalized spacial score (nSPS) is 14.0. The fraction of sp³-hybridized carbons (Fsp3) is 0.267. The lowest BCUT2D eigenvalue weighted by atomic mass is 10.1. The van der Waals surface area contributed by atoms with Crippen LogP contribution in [0, 0.1) is 11.3 Å². The summed E-state index contributed by atoms with van der Waals surface area (Å²) in [5.74, 6) is 0. The monoisotopic (exact) mass is 347 g/mol. The molecule has 8 nitrogen and oxygen atoms in total. The number of amidine groups is 1. The van der Waals surface area contributed by atoms with Gasteiger partial charge in [0, 0.05) is 5.69 Å². The van der Waals surface area contributed by atoms with Crippen molar-refractivity contribution in [3.05, 3.63) is 36.8 Å². The van der Waals surface area contributed by atoms with Crippen molar-refractivity contribution in [2.45, 2.75) is 13.3 Å². The zero-order chi connectivity index (χ0) is 17.4. The molecule has 0 saturated carbocycles. The summed E-state index contributed by atoms with van der Waals surface area (Å²) in [7, 11) is -4.06. The molecule has 0 bridgehead atoms. The highest BCUT2D eigenvalue weighted by molar-refractivity contribution is 7.71. The van der Waals surface area contributed by atoms with Gasteiger partial charge in [-0.2, -0.15) is 5.26 Å². The first-order chi connectivity index (χ1) is 11.6. The minimum absolute atomic E-state index is 0.0749. The number of H-pyrrole nitrogens is 1. The number of benzene rings is 1. The van der Waals surface area contributed by atoms with Gasteiger partial charge in [-0.3, -0.25) is 9.56 Å². The Balaban J connectivity index is 2.18. The first-order valence-corrected chi connectivity index (χ1v) is 8.89. The van der Waals surface area contributed by atoms with Crippen molar-refractivity contribution < 1.29 is 14.0 Å². The largest absolute Gasteiger partial charge is 0.393 e. The van der Waals surface area contributed by atoms with Gasteiger partial charge >= 0.3 is 7.60 Å². The molecule has 1 atom stereocenters. The molecule has 0 radical (unpaired) electrons. The molecule has 24 heavy (non-hydrogen) atoms. The summed E-state index contributed by atoms with van der Waals surface area (Å²) >= 11 is 0. The molecule has 0 spiro atoms. The van der Waals surface area contributed by atoms with Gasteiger partial charge in [0.2, 0.25) is 5.58 Å². The van der Waals surface area contributed by atoms with Gasteiger partial charge in [0.05, 0.1) is 43.9 Å². The molecule has 2 rings (SSSR count). The number of rotatable bonds is 7. The van der Waals surface area contributed by atoms with Crippen LogP contribution in [0.1, 0.15) is 13.3 Å². The summed E-state index contributed by atoms with van der Waals surface area (Å²) in [5, 5.41) is 11.4. The average Bonchev–Trinajstić information content (AvgIpc) is 3.09. The van der Waals surface area contributed by atoms with Crippen LogP contribution in [0.3, 0.4) is 0 Å². The highest BCUT2D eigenvalue weighted by Crippen LogP contribution is 2.43. The predicted molar refractivity (Wildman–Crippen MR) is 91.6 cm³/mol. The number of nitriles is 1. The number of anilines is 1. The summed E-state index contributed by atoms with van der Waals surface area (Å²) in [6.07, 6.45) is 3.44. The van der Waals surface area contributed by atoms with Gasteiger partial charge in [-0.15, -0.1) is 0 Å². The Hall–Kier alpha value is -2.46. The first-order valence-electron chi connectivity index (χ1n) is 7.32. The van der Waals surface area contributed by atoms with Gasteiger partial charge in [0.15, 0.2) is 0 Å². The van der Waals surface area contributed by atoms with E-state index in [2.05, 4.69) is 20.3 Å². The Kier molecular flexibility index (Phi) is 6.27. The summed E-state index contributed by atoms with van der Waals surface area (Å²) < 4.78 is 17.1. The third-order valence-electron chi connectivity index (χ3n) is 3.01. The first kappa shape index (κ1) is 17.9. The van der Waals surface area contributed by atoms with Crippen LogP contribution in [0.15, 0.2) is 41.8 Å². The molecule has 0 aliphatic rings. The summed E-state index contributed by atoms with van der Waals surface area (Å²) in [5.41, 5.74) is 2.21. The number of hydrogen-bond acceptors (Lipinski definition) is 5. The second-order valence-corrected chi connectivity index (χ2v) is 6.44. The number of nitrogens with one attached hydrogen (secondary N) is 2. The summed E-state index contributed by atoms with van der Waals surface area (Å²) in [6.45, 7) is 1.81. The molecule has 1 aromatic carbocycles. The summed E-state index contributed by atoms with van der Waals surface area (Å²) in [6, 6.07) is 9.12. The van der Waals surface area contributed by atoms with E-state index in [1.807, 2.05) is 18.2 Å². The van der Waals surface area contributed by atoms with E-state index in [4.69, 9.17) is 9.79 Å². The van der Waals surface area contributed by atoms with Crippen molar-refractivity contribution >= 4 is 18.9 Å². The Morgan fingerprint density at radius 1 is 1.50 bits per heavy atom. The topological polar surface area (TPSA) is 123 Å². The van der Waals surface area contributed by atoms with Crippen LogP contribution >= 0.6 is 7.60 Å². The molecular weight excluding hydrogens is 329 g/mol.